The number of hydrogen-bond donors (Lipinski definition) is 0. The molecule has 0 aliphatic heterocycles. The van der Waals surface area contributed by atoms with Gasteiger partial charge < -0.3 is 37.2 Å². The molecule has 0 atom stereocenters. The van der Waals surface area contributed by atoms with E-state index in [4.69, 9.17) is 0 Å². The summed E-state index contributed by atoms with van der Waals surface area (Å²) in [5.74, 6) is 0. The topological polar surface area (TPSA) is 0 Å². The van der Waals surface area contributed by atoms with Gasteiger partial charge >= 0.3 is 86.5 Å². The van der Waals surface area contributed by atoms with E-state index in [-0.39, 0.29) is 124 Å². The van der Waals surface area contributed by atoms with E-state index in [9.17, 15) is 0 Å². The summed E-state index contributed by atoms with van der Waals surface area (Å²) in [6, 6.07) is 0. The molecule has 0 unspecified atom stereocenters. The Morgan fingerprint density at radius 3 is 0.600 bits per heavy atom. The van der Waals surface area contributed by atoms with E-state index in [0.717, 1.165) is 0 Å². The molecule has 0 amide bonds. The van der Waals surface area contributed by atoms with Crippen molar-refractivity contribution in [2.75, 3.05) is 0 Å². The second-order valence-electron chi connectivity index (χ2n) is 0. The third-order valence-corrected chi connectivity index (χ3v) is 0. The van der Waals surface area contributed by atoms with Crippen LogP contribution in [0.2, 0.25) is 0 Å². The predicted molar refractivity (Wildman–Crippen MR) is 8.54 cm³/mol. The van der Waals surface area contributed by atoms with Gasteiger partial charge in [0, 0.05) is 0 Å². The molecular weight excluding hydrogens is 312 g/mol. The number of halogens is 3. The molecule has 0 aromatic heterocycles. The first-order valence-electron chi connectivity index (χ1n) is 0. The van der Waals surface area contributed by atoms with Crippen LogP contribution in [0.3, 0.4) is 0 Å². The van der Waals surface area contributed by atoms with Crippen molar-refractivity contribution in [2.45, 2.75) is 0 Å². The Morgan fingerprint density at radius 1 is 0.600 bits per heavy atom. The fraction of sp³-hybridized carbons (Fsp3) is 0. The van der Waals surface area contributed by atoms with Crippen LogP contribution >= 0.6 is 0 Å². The van der Waals surface area contributed by atoms with Crippen LogP contribution in [-0.2, 0) is 0 Å². The third kappa shape index (κ3) is 18.6. The summed E-state index contributed by atoms with van der Waals surface area (Å²) < 4.78 is 0. The molecule has 0 nitrogen and oxygen atoms in total. The van der Waals surface area contributed by atoms with E-state index in [1.807, 2.05) is 0 Å². The van der Waals surface area contributed by atoms with E-state index in [0.29, 0.717) is 0 Å². The molecule has 28 valence electrons. The molecule has 0 aliphatic rings. The van der Waals surface area contributed by atoms with Gasteiger partial charge in [0.2, 0.25) is 0 Å². The Balaban J connectivity index is 0. The van der Waals surface area contributed by atoms with E-state index in [1.54, 1.807) is 0 Å². The second kappa shape index (κ2) is 26.0. The molecule has 0 spiro atoms. The molecule has 0 heterocycles. The van der Waals surface area contributed by atoms with Crippen LogP contribution in [0, 0.1) is 0 Å². The van der Waals surface area contributed by atoms with Gasteiger partial charge in [-0.25, -0.2) is 0 Å². The van der Waals surface area contributed by atoms with Gasteiger partial charge in [-0.2, -0.15) is 0 Å². The molecule has 0 aromatic rings. The Hall–Kier alpha value is 3.46. The third-order valence-electron chi connectivity index (χ3n) is 0. The van der Waals surface area contributed by atoms with Gasteiger partial charge in [-0.3, -0.25) is 0 Å². The van der Waals surface area contributed by atoms with Crippen LogP contribution < -0.4 is 106 Å². The summed E-state index contributed by atoms with van der Waals surface area (Å²) in [5.41, 5.74) is 0. The molecule has 0 fully saturated rings. The van der Waals surface area contributed by atoms with Crippen LogP contribution in [0.4, 0.5) is 0 Å². The van der Waals surface area contributed by atoms with Crippen LogP contribution in [0.15, 0.2) is 0 Å². The molecule has 0 radical (unpaired) electrons. The van der Waals surface area contributed by atoms with E-state index < -0.39 is 0 Å². The normalized spacial score (nSPS) is 0. The van der Waals surface area contributed by atoms with E-state index >= 15 is 0 Å². The first-order chi connectivity index (χ1) is 0. The molecule has 0 rings (SSSR count). The summed E-state index contributed by atoms with van der Waals surface area (Å²) in [4.78, 5) is 0. The molecule has 0 N–H and O–H groups in total. The second-order valence-corrected chi connectivity index (χ2v) is 0. The Labute approximate surface area is 120 Å². The Bertz CT molecular complexity index is 6.85. The van der Waals surface area contributed by atoms with Crippen molar-refractivity contribution in [2.24, 2.45) is 0 Å². The summed E-state index contributed by atoms with van der Waals surface area (Å²) in [6.45, 7) is 0. The maximum atomic E-state index is 0. The zero-order chi connectivity index (χ0) is 0. The summed E-state index contributed by atoms with van der Waals surface area (Å²) in [7, 11) is 0. The summed E-state index contributed by atoms with van der Waals surface area (Å²) in [6.07, 6.45) is 0. The van der Waals surface area contributed by atoms with E-state index in [1.165, 1.54) is 0 Å². The fourth-order valence-corrected chi connectivity index (χ4v) is 0. The summed E-state index contributed by atoms with van der Waals surface area (Å²) in [5, 5.41) is 0. The minimum atomic E-state index is 0. The molecule has 0 aromatic carbocycles. The SMILES string of the molecule is [Cl-].[Cl-].[Cl-].[Cs+].[GeH2+2]. The molecular formula is H2Cl3CsGe. The predicted octanol–water partition coefficient (Wildman–Crippen LogP) is -12.9. The average molecular weight is 314 g/mol. The van der Waals surface area contributed by atoms with Gasteiger partial charge in [0.05, 0.1) is 0 Å². The van der Waals surface area contributed by atoms with Gasteiger partial charge in [-0.15, -0.1) is 0 Å². The van der Waals surface area contributed by atoms with Crippen molar-refractivity contribution >= 4 is 17.6 Å². The molecule has 5 heavy (non-hydrogen) atoms. The zero-order valence-corrected chi connectivity index (χ0v) is 14.4. The van der Waals surface area contributed by atoms with Gasteiger partial charge in [0.15, 0.2) is 0 Å². The summed E-state index contributed by atoms with van der Waals surface area (Å²) >= 11 is 0. The van der Waals surface area contributed by atoms with Crippen LogP contribution in [0.25, 0.3) is 0 Å². The fourth-order valence-electron chi connectivity index (χ4n) is 0. The maximum absolute atomic E-state index is 0. The zero-order valence-electron chi connectivity index (χ0n) is 2.84. The van der Waals surface area contributed by atoms with E-state index in [2.05, 4.69) is 0 Å². The quantitative estimate of drug-likeness (QED) is 0.390. The number of hydrogen-bond acceptors (Lipinski definition) is 0. The van der Waals surface area contributed by atoms with Crippen LogP contribution in [0.1, 0.15) is 0 Å². The van der Waals surface area contributed by atoms with Gasteiger partial charge in [0.25, 0.3) is 0 Å². The standard InChI is InChI=1S/3ClH.Cs.GeH2/h3*1H;;1H2/q;;;+1;+2/p-3. The van der Waals surface area contributed by atoms with Crippen LogP contribution in [0.5, 0.6) is 0 Å². The molecule has 0 saturated heterocycles. The van der Waals surface area contributed by atoms with Crippen molar-refractivity contribution in [3.63, 3.8) is 0 Å². The monoisotopic (exact) mass is 314 g/mol. The van der Waals surface area contributed by atoms with Gasteiger partial charge in [-0.05, 0) is 0 Å². The van der Waals surface area contributed by atoms with Crippen LogP contribution in [-0.4, -0.2) is 17.6 Å². The van der Waals surface area contributed by atoms with Crippen molar-refractivity contribution in [3.8, 4) is 0 Å². The molecule has 0 aliphatic carbocycles. The Morgan fingerprint density at radius 2 is 0.600 bits per heavy atom. The minimum absolute atomic E-state index is 0. The van der Waals surface area contributed by atoms with Crippen molar-refractivity contribution in [1.29, 1.82) is 0 Å². The molecule has 5 heteroatoms. The molecule has 0 bridgehead atoms. The van der Waals surface area contributed by atoms with Gasteiger partial charge in [0.1, 0.15) is 0 Å². The first kappa shape index (κ1) is 39.3. The number of rotatable bonds is 0. The Kier molecular flexibility index (Phi) is 204. The van der Waals surface area contributed by atoms with Crippen molar-refractivity contribution in [1.82, 2.24) is 0 Å². The first-order valence-corrected chi connectivity index (χ1v) is 0. The molecule has 0 saturated carbocycles. The van der Waals surface area contributed by atoms with Crippen molar-refractivity contribution < 1.29 is 106 Å². The average Bonchev–Trinajstić information content (AvgIpc) is 0. The van der Waals surface area contributed by atoms with Gasteiger partial charge in [-0.1, -0.05) is 0 Å². The van der Waals surface area contributed by atoms with Crippen molar-refractivity contribution in [3.05, 3.63) is 0 Å².